The number of nitrogens with one attached hydrogen (secondary N) is 1. The van der Waals surface area contributed by atoms with E-state index in [-0.39, 0.29) is 30.7 Å². The lowest BCUT2D eigenvalue weighted by Crippen LogP contribution is -2.38. The molecule has 2 atom stereocenters. The van der Waals surface area contributed by atoms with Crippen molar-refractivity contribution in [3.8, 4) is 0 Å². The third-order valence-corrected chi connectivity index (χ3v) is 5.55. The Morgan fingerprint density at radius 2 is 1.96 bits per heavy atom. The van der Waals surface area contributed by atoms with Crippen LogP contribution in [-0.4, -0.2) is 40.4 Å². The summed E-state index contributed by atoms with van der Waals surface area (Å²) in [6, 6.07) is 7.14. The van der Waals surface area contributed by atoms with Crippen molar-refractivity contribution in [2.45, 2.75) is 57.5 Å². The van der Waals surface area contributed by atoms with Crippen LogP contribution in [0.5, 0.6) is 0 Å². The number of carboxylic acids is 1. The van der Waals surface area contributed by atoms with Crippen molar-refractivity contribution in [1.82, 2.24) is 10.2 Å². The summed E-state index contributed by atoms with van der Waals surface area (Å²) in [5, 5.41) is 12.1. The van der Waals surface area contributed by atoms with Gasteiger partial charge in [0.1, 0.15) is 0 Å². The average Bonchev–Trinajstić information content (AvgIpc) is 3.23. The molecule has 140 valence electrons. The Morgan fingerprint density at radius 3 is 2.62 bits per heavy atom. The first-order valence-corrected chi connectivity index (χ1v) is 9.33. The van der Waals surface area contributed by atoms with Gasteiger partial charge in [-0.1, -0.05) is 37.1 Å². The SMILES string of the molecule is Cc1ccccc1[C@@H](CC(=O)O)NC(=O)[C@@H]1CC(=O)N(C2CCCC2)C1. The van der Waals surface area contributed by atoms with Gasteiger partial charge in [0.2, 0.25) is 11.8 Å². The van der Waals surface area contributed by atoms with Gasteiger partial charge in [0, 0.05) is 19.0 Å². The molecule has 0 spiro atoms. The second-order valence-electron chi connectivity index (χ2n) is 7.40. The topological polar surface area (TPSA) is 86.7 Å². The number of benzene rings is 1. The Morgan fingerprint density at radius 1 is 1.27 bits per heavy atom. The van der Waals surface area contributed by atoms with Gasteiger partial charge in [0.15, 0.2) is 0 Å². The molecule has 1 aromatic rings. The van der Waals surface area contributed by atoms with Crippen molar-refractivity contribution < 1.29 is 19.5 Å². The number of carboxylic acid groups (broad SMARTS) is 1. The first-order valence-electron chi connectivity index (χ1n) is 9.33. The molecule has 3 rings (SSSR count). The van der Waals surface area contributed by atoms with Crippen LogP contribution in [0.2, 0.25) is 0 Å². The first kappa shape index (κ1) is 18.4. The monoisotopic (exact) mass is 358 g/mol. The molecule has 1 saturated carbocycles. The zero-order valence-corrected chi connectivity index (χ0v) is 15.1. The van der Waals surface area contributed by atoms with E-state index in [1.807, 2.05) is 36.1 Å². The summed E-state index contributed by atoms with van der Waals surface area (Å²) in [6.07, 6.45) is 4.36. The molecule has 6 nitrogen and oxygen atoms in total. The Kier molecular flexibility index (Phi) is 5.59. The van der Waals surface area contributed by atoms with Crippen LogP contribution < -0.4 is 5.32 Å². The van der Waals surface area contributed by atoms with E-state index in [0.29, 0.717) is 6.54 Å². The first-order chi connectivity index (χ1) is 12.5. The van der Waals surface area contributed by atoms with Gasteiger partial charge in [0.05, 0.1) is 18.4 Å². The number of aliphatic carboxylic acids is 1. The molecule has 1 aromatic carbocycles. The predicted octanol–water partition coefficient (Wildman–Crippen LogP) is 2.42. The molecule has 2 fully saturated rings. The zero-order chi connectivity index (χ0) is 18.7. The summed E-state index contributed by atoms with van der Waals surface area (Å²) >= 11 is 0. The summed E-state index contributed by atoms with van der Waals surface area (Å²) in [4.78, 5) is 38.2. The average molecular weight is 358 g/mol. The van der Waals surface area contributed by atoms with Gasteiger partial charge < -0.3 is 15.3 Å². The lowest BCUT2D eigenvalue weighted by atomic mass is 9.97. The normalized spacial score (nSPS) is 21.8. The van der Waals surface area contributed by atoms with E-state index >= 15 is 0 Å². The van der Waals surface area contributed by atoms with Crippen LogP contribution in [0.4, 0.5) is 0 Å². The summed E-state index contributed by atoms with van der Waals surface area (Å²) in [5.74, 6) is -1.55. The number of likely N-dealkylation sites (tertiary alicyclic amines) is 1. The Bertz CT molecular complexity index is 697. The highest BCUT2D eigenvalue weighted by Crippen LogP contribution is 2.30. The molecule has 2 N–H and O–H groups in total. The van der Waals surface area contributed by atoms with Gasteiger partial charge in [-0.05, 0) is 30.9 Å². The molecule has 1 saturated heterocycles. The highest BCUT2D eigenvalue weighted by Gasteiger charge is 2.39. The Balaban J connectivity index is 1.69. The van der Waals surface area contributed by atoms with E-state index in [4.69, 9.17) is 0 Å². The predicted molar refractivity (Wildman–Crippen MR) is 96.4 cm³/mol. The van der Waals surface area contributed by atoms with Crippen molar-refractivity contribution in [3.63, 3.8) is 0 Å². The molecule has 0 unspecified atom stereocenters. The number of aryl methyl sites for hydroxylation is 1. The van der Waals surface area contributed by atoms with Crippen LogP contribution in [0.25, 0.3) is 0 Å². The van der Waals surface area contributed by atoms with Crippen molar-refractivity contribution in [2.24, 2.45) is 5.92 Å². The van der Waals surface area contributed by atoms with Gasteiger partial charge in [-0.15, -0.1) is 0 Å². The number of amides is 2. The van der Waals surface area contributed by atoms with Crippen molar-refractivity contribution in [2.75, 3.05) is 6.54 Å². The quantitative estimate of drug-likeness (QED) is 0.818. The standard InChI is InChI=1S/C20H26N2O4/c1-13-6-2-5-9-16(13)17(11-19(24)25)21-20(26)14-10-18(23)22(12-14)15-7-3-4-8-15/h2,5-6,9,14-15,17H,3-4,7-8,10-12H2,1H3,(H,21,26)(H,24,25)/t14-,17-/m1/s1. The number of hydrogen-bond donors (Lipinski definition) is 2. The molecule has 0 bridgehead atoms. The van der Waals surface area contributed by atoms with E-state index in [2.05, 4.69) is 5.32 Å². The van der Waals surface area contributed by atoms with E-state index < -0.39 is 17.9 Å². The molecule has 6 heteroatoms. The number of carbonyl (C=O) groups excluding carboxylic acids is 2. The number of carbonyl (C=O) groups is 3. The van der Waals surface area contributed by atoms with E-state index in [1.165, 1.54) is 0 Å². The lowest BCUT2D eigenvalue weighted by Gasteiger charge is -2.24. The highest BCUT2D eigenvalue weighted by atomic mass is 16.4. The number of nitrogens with zero attached hydrogens (tertiary/aromatic N) is 1. The van der Waals surface area contributed by atoms with Crippen LogP contribution >= 0.6 is 0 Å². The van der Waals surface area contributed by atoms with Crippen molar-refractivity contribution >= 4 is 17.8 Å². The molecule has 26 heavy (non-hydrogen) atoms. The molecule has 1 heterocycles. The second kappa shape index (κ2) is 7.89. The lowest BCUT2D eigenvalue weighted by molar-refractivity contribution is -0.138. The largest absolute Gasteiger partial charge is 0.481 e. The van der Waals surface area contributed by atoms with E-state index in [1.54, 1.807) is 0 Å². The molecular weight excluding hydrogens is 332 g/mol. The van der Waals surface area contributed by atoms with Crippen LogP contribution in [0, 0.1) is 12.8 Å². The summed E-state index contributed by atoms with van der Waals surface area (Å²) < 4.78 is 0. The third kappa shape index (κ3) is 4.06. The zero-order valence-electron chi connectivity index (χ0n) is 15.1. The van der Waals surface area contributed by atoms with Crippen LogP contribution in [0.1, 0.15) is 55.7 Å². The molecular formula is C20H26N2O4. The molecule has 1 aliphatic carbocycles. The van der Waals surface area contributed by atoms with Gasteiger partial charge >= 0.3 is 5.97 Å². The van der Waals surface area contributed by atoms with Gasteiger partial charge in [0.25, 0.3) is 0 Å². The van der Waals surface area contributed by atoms with E-state index in [0.717, 1.165) is 36.8 Å². The van der Waals surface area contributed by atoms with Crippen molar-refractivity contribution in [1.29, 1.82) is 0 Å². The third-order valence-electron chi connectivity index (χ3n) is 5.55. The van der Waals surface area contributed by atoms with Crippen LogP contribution in [-0.2, 0) is 14.4 Å². The summed E-state index contributed by atoms with van der Waals surface area (Å²) in [5.41, 5.74) is 1.74. The minimum Gasteiger partial charge on any atom is -0.481 e. The van der Waals surface area contributed by atoms with Crippen LogP contribution in [0.3, 0.4) is 0 Å². The van der Waals surface area contributed by atoms with Gasteiger partial charge in [-0.3, -0.25) is 14.4 Å². The fourth-order valence-corrected chi connectivity index (χ4v) is 4.16. The smallest absolute Gasteiger partial charge is 0.305 e. The fourth-order valence-electron chi connectivity index (χ4n) is 4.16. The summed E-state index contributed by atoms with van der Waals surface area (Å²) in [7, 11) is 0. The van der Waals surface area contributed by atoms with Gasteiger partial charge in [-0.2, -0.15) is 0 Å². The fraction of sp³-hybridized carbons (Fsp3) is 0.550. The maximum Gasteiger partial charge on any atom is 0.305 e. The highest BCUT2D eigenvalue weighted by molar-refractivity contribution is 5.89. The number of rotatable bonds is 6. The summed E-state index contributed by atoms with van der Waals surface area (Å²) in [6.45, 7) is 2.35. The Labute approximate surface area is 153 Å². The molecule has 2 amide bonds. The molecule has 0 aromatic heterocycles. The minimum atomic E-state index is -0.964. The van der Waals surface area contributed by atoms with Gasteiger partial charge in [-0.25, -0.2) is 0 Å². The second-order valence-corrected chi connectivity index (χ2v) is 7.40. The van der Waals surface area contributed by atoms with Crippen LogP contribution in [0.15, 0.2) is 24.3 Å². The van der Waals surface area contributed by atoms with Crippen molar-refractivity contribution in [3.05, 3.63) is 35.4 Å². The van der Waals surface area contributed by atoms with E-state index in [9.17, 15) is 19.5 Å². The minimum absolute atomic E-state index is 0.0442. The maximum atomic E-state index is 12.7. The Hall–Kier alpha value is -2.37. The molecule has 2 aliphatic rings. The molecule has 0 radical (unpaired) electrons. The number of hydrogen-bond acceptors (Lipinski definition) is 3. The molecule has 1 aliphatic heterocycles. The maximum absolute atomic E-state index is 12.7.